The van der Waals surface area contributed by atoms with Crippen molar-refractivity contribution in [3.05, 3.63) is 48.3 Å². The van der Waals surface area contributed by atoms with Gasteiger partial charge in [0, 0.05) is 30.7 Å². The predicted molar refractivity (Wildman–Crippen MR) is 91.2 cm³/mol. The van der Waals surface area contributed by atoms with Crippen molar-refractivity contribution < 1.29 is 9.53 Å². The quantitative estimate of drug-likeness (QED) is 0.920. The highest BCUT2D eigenvalue weighted by Crippen LogP contribution is 2.21. The van der Waals surface area contributed by atoms with Crippen LogP contribution in [0.3, 0.4) is 0 Å². The number of pyridine rings is 1. The summed E-state index contributed by atoms with van der Waals surface area (Å²) in [7, 11) is 0. The highest BCUT2D eigenvalue weighted by atomic mass is 16.5. The van der Waals surface area contributed by atoms with E-state index >= 15 is 0 Å². The lowest BCUT2D eigenvalue weighted by Crippen LogP contribution is -2.19. The fraction of sp³-hybridized carbons (Fsp3) is 0.333. The molecular formula is C18H21N3O2. The van der Waals surface area contributed by atoms with Crippen LogP contribution in [-0.4, -0.2) is 30.6 Å². The van der Waals surface area contributed by atoms with Crippen LogP contribution in [0.4, 0.5) is 11.4 Å². The van der Waals surface area contributed by atoms with Crippen molar-refractivity contribution >= 4 is 17.3 Å². The van der Waals surface area contributed by atoms with Gasteiger partial charge < -0.3 is 15.0 Å². The van der Waals surface area contributed by atoms with Crippen LogP contribution in [-0.2, 0) is 0 Å². The van der Waals surface area contributed by atoms with Gasteiger partial charge in [0.1, 0.15) is 11.4 Å². The Bertz CT molecular complexity index is 664. The van der Waals surface area contributed by atoms with Gasteiger partial charge in [-0.15, -0.1) is 0 Å². The maximum Gasteiger partial charge on any atom is 0.274 e. The normalized spacial score (nSPS) is 13.9. The van der Waals surface area contributed by atoms with E-state index in [4.69, 9.17) is 4.74 Å². The topological polar surface area (TPSA) is 54.5 Å². The minimum Gasteiger partial charge on any atom is -0.494 e. The molecular weight excluding hydrogens is 290 g/mol. The van der Waals surface area contributed by atoms with E-state index in [2.05, 4.69) is 15.2 Å². The molecule has 5 heteroatoms. The molecule has 1 aromatic carbocycles. The molecule has 1 saturated heterocycles. The van der Waals surface area contributed by atoms with Gasteiger partial charge in [0.2, 0.25) is 0 Å². The number of benzene rings is 1. The van der Waals surface area contributed by atoms with Crippen LogP contribution in [0, 0.1) is 0 Å². The second kappa shape index (κ2) is 7.13. The van der Waals surface area contributed by atoms with Crippen LogP contribution in [0.2, 0.25) is 0 Å². The number of rotatable bonds is 5. The summed E-state index contributed by atoms with van der Waals surface area (Å²) in [6.45, 7) is 4.65. The van der Waals surface area contributed by atoms with Crippen LogP contribution in [0.25, 0.3) is 0 Å². The number of ether oxygens (including phenoxy) is 1. The van der Waals surface area contributed by atoms with Crippen LogP contribution in [0.1, 0.15) is 30.3 Å². The maximum absolute atomic E-state index is 12.4. The molecule has 5 nitrogen and oxygen atoms in total. The van der Waals surface area contributed by atoms with Gasteiger partial charge in [0.05, 0.1) is 6.61 Å². The second-order valence-corrected chi connectivity index (χ2v) is 5.50. The molecule has 1 fully saturated rings. The molecule has 23 heavy (non-hydrogen) atoms. The Kier molecular flexibility index (Phi) is 4.76. The van der Waals surface area contributed by atoms with E-state index in [1.54, 1.807) is 6.20 Å². The van der Waals surface area contributed by atoms with E-state index in [0.717, 1.165) is 30.2 Å². The number of nitrogens with one attached hydrogen (secondary N) is 1. The molecule has 0 atom stereocenters. The molecule has 0 bridgehead atoms. The molecule has 0 radical (unpaired) electrons. The van der Waals surface area contributed by atoms with E-state index in [9.17, 15) is 4.79 Å². The van der Waals surface area contributed by atoms with E-state index in [0.29, 0.717) is 12.3 Å². The fourth-order valence-corrected chi connectivity index (χ4v) is 2.71. The summed E-state index contributed by atoms with van der Waals surface area (Å²) in [6, 6.07) is 11.1. The minimum absolute atomic E-state index is 0.199. The number of carbonyl (C=O) groups excluding carboxylic acids is 1. The lowest BCUT2D eigenvalue weighted by atomic mass is 10.2. The van der Waals surface area contributed by atoms with Crippen LogP contribution in [0.15, 0.2) is 42.6 Å². The Balaban J connectivity index is 1.69. The number of hydrogen-bond acceptors (Lipinski definition) is 4. The number of amides is 1. The van der Waals surface area contributed by atoms with Crippen molar-refractivity contribution in [2.24, 2.45) is 0 Å². The molecule has 2 aromatic rings. The molecule has 1 aliphatic rings. The molecule has 3 rings (SSSR count). The molecule has 0 spiro atoms. The standard InChI is InChI=1S/C18H21N3O2/c1-2-23-16-7-5-14(6-8-16)20-18(22)17-13-15(9-10-19-17)21-11-3-4-12-21/h5-10,13H,2-4,11-12H2,1H3,(H,20,22). The third-order valence-corrected chi connectivity index (χ3v) is 3.87. The molecule has 120 valence electrons. The first-order valence-corrected chi connectivity index (χ1v) is 8.01. The Morgan fingerprint density at radius 1 is 1.22 bits per heavy atom. The van der Waals surface area contributed by atoms with Crippen LogP contribution in [0.5, 0.6) is 5.75 Å². The molecule has 0 saturated carbocycles. The molecule has 1 aliphatic heterocycles. The van der Waals surface area contributed by atoms with Crippen LogP contribution < -0.4 is 15.0 Å². The summed E-state index contributed by atoms with van der Waals surface area (Å²) in [6.07, 6.45) is 4.10. The Hall–Kier alpha value is -2.56. The zero-order chi connectivity index (χ0) is 16.1. The first kappa shape index (κ1) is 15.3. The van der Waals surface area contributed by atoms with Crippen LogP contribution >= 0.6 is 0 Å². The van der Waals surface area contributed by atoms with Gasteiger partial charge in [-0.25, -0.2) is 0 Å². The highest BCUT2D eigenvalue weighted by Gasteiger charge is 2.15. The monoisotopic (exact) mass is 311 g/mol. The van der Waals surface area contributed by atoms with Crippen molar-refractivity contribution in [2.75, 3.05) is 29.9 Å². The molecule has 1 N–H and O–H groups in total. The predicted octanol–water partition coefficient (Wildman–Crippen LogP) is 3.33. The maximum atomic E-state index is 12.4. The van der Waals surface area contributed by atoms with Crippen molar-refractivity contribution in [1.82, 2.24) is 4.98 Å². The minimum atomic E-state index is -0.199. The van der Waals surface area contributed by atoms with Gasteiger partial charge in [-0.05, 0) is 56.2 Å². The van der Waals surface area contributed by atoms with Gasteiger partial charge in [-0.3, -0.25) is 9.78 Å². The zero-order valence-electron chi connectivity index (χ0n) is 13.3. The molecule has 0 unspecified atom stereocenters. The molecule has 0 aliphatic carbocycles. The SMILES string of the molecule is CCOc1ccc(NC(=O)c2cc(N3CCCC3)ccn2)cc1. The number of carbonyl (C=O) groups is 1. The number of nitrogens with zero attached hydrogens (tertiary/aromatic N) is 2. The van der Waals surface area contributed by atoms with E-state index in [1.807, 2.05) is 43.3 Å². The van der Waals surface area contributed by atoms with E-state index < -0.39 is 0 Å². The first-order valence-electron chi connectivity index (χ1n) is 8.01. The number of anilines is 2. The smallest absolute Gasteiger partial charge is 0.274 e. The molecule has 2 heterocycles. The summed E-state index contributed by atoms with van der Waals surface area (Å²) < 4.78 is 5.39. The van der Waals surface area contributed by atoms with Gasteiger partial charge in [-0.2, -0.15) is 0 Å². The summed E-state index contributed by atoms with van der Waals surface area (Å²) in [5, 5.41) is 2.87. The average molecular weight is 311 g/mol. The summed E-state index contributed by atoms with van der Waals surface area (Å²) >= 11 is 0. The molecule has 1 amide bonds. The Morgan fingerprint density at radius 2 is 1.96 bits per heavy atom. The van der Waals surface area contributed by atoms with Gasteiger partial charge >= 0.3 is 0 Å². The average Bonchev–Trinajstić information content (AvgIpc) is 3.12. The summed E-state index contributed by atoms with van der Waals surface area (Å²) in [5.74, 6) is 0.592. The lowest BCUT2D eigenvalue weighted by molar-refractivity contribution is 0.102. The first-order chi connectivity index (χ1) is 11.3. The van der Waals surface area contributed by atoms with Gasteiger partial charge in [0.15, 0.2) is 0 Å². The Labute approximate surface area is 136 Å². The van der Waals surface area contributed by atoms with Crippen molar-refractivity contribution in [2.45, 2.75) is 19.8 Å². The Morgan fingerprint density at radius 3 is 2.65 bits per heavy atom. The van der Waals surface area contributed by atoms with Gasteiger partial charge in [-0.1, -0.05) is 0 Å². The summed E-state index contributed by atoms with van der Waals surface area (Å²) in [4.78, 5) is 18.8. The summed E-state index contributed by atoms with van der Waals surface area (Å²) in [5.41, 5.74) is 2.23. The third kappa shape index (κ3) is 3.80. The van der Waals surface area contributed by atoms with Crippen molar-refractivity contribution in [1.29, 1.82) is 0 Å². The fourth-order valence-electron chi connectivity index (χ4n) is 2.71. The highest BCUT2D eigenvalue weighted by molar-refractivity contribution is 6.03. The largest absolute Gasteiger partial charge is 0.494 e. The van der Waals surface area contributed by atoms with E-state index in [-0.39, 0.29) is 5.91 Å². The number of aromatic nitrogens is 1. The zero-order valence-corrected chi connectivity index (χ0v) is 13.3. The lowest BCUT2D eigenvalue weighted by Gasteiger charge is -2.17. The van der Waals surface area contributed by atoms with Crippen molar-refractivity contribution in [3.8, 4) is 5.75 Å². The molecule has 1 aromatic heterocycles. The van der Waals surface area contributed by atoms with Gasteiger partial charge in [0.25, 0.3) is 5.91 Å². The third-order valence-electron chi connectivity index (χ3n) is 3.87. The van der Waals surface area contributed by atoms with Crippen molar-refractivity contribution in [3.63, 3.8) is 0 Å². The van der Waals surface area contributed by atoms with E-state index in [1.165, 1.54) is 12.8 Å². The number of hydrogen-bond donors (Lipinski definition) is 1. The second-order valence-electron chi connectivity index (χ2n) is 5.50.